The van der Waals surface area contributed by atoms with Gasteiger partial charge in [-0.2, -0.15) is 19.6 Å². The van der Waals surface area contributed by atoms with Crippen LogP contribution in [0.25, 0.3) is 34.2 Å². The normalized spacial score (nSPS) is 11.1. The predicted octanol–water partition coefficient (Wildman–Crippen LogP) is 4.85. The Labute approximate surface area is 327 Å². The van der Waals surface area contributed by atoms with Crippen molar-refractivity contribution in [1.29, 1.82) is 0 Å². The number of aryl methyl sites for hydroxylation is 2. The Bertz CT molecular complexity index is 2470. The molecule has 3 aromatic carbocycles. The zero-order chi connectivity index (χ0) is 40.3. The fourth-order valence-corrected chi connectivity index (χ4v) is 5.70. The molecule has 15 nitrogen and oxygen atoms in total. The summed E-state index contributed by atoms with van der Waals surface area (Å²) in [4.78, 5) is 66.5. The highest BCUT2D eigenvalue weighted by Gasteiger charge is 2.28. The van der Waals surface area contributed by atoms with Crippen molar-refractivity contribution < 1.29 is 23.9 Å². The highest BCUT2D eigenvalue weighted by Crippen LogP contribution is 2.20. The van der Waals surface area contributed by atoms with Gasteiger partial charge < -0.3 is 15.8 Å². The standard InChI is InChI=1S/C25H22N6O3.C17H16N4O2/c1-16-12-21(24(34)29-20(22(32)23(26)33)13-17-8-4-2-5-9-17)31(30-16)25-27-14-19(15-28-25)18-10-6-3-7-11-18;1-3-23-16(22)15-9-12(2)20-21(15)17-18-10-14(11-19-17)13-7-5-4-6-8-13/h2-12,14-15,20H,13H2,1H3,(H2,26,33)(H,29,34);4-11H,3H2,1-2H3. The van der Waals surface area contributed by atoms with E-state index in [0.717, 1.165) is 27.8 Å². The summed E-state index contributed by atoms with van der Waals surface area (Å²) >= 11 is 0. The summed E-state index contributed by atoms with van der Waals surface area (Å²) in [7, 11) is 0. The summed E-state index contributed by atoms with van der Waals surface area (Å²) in [5, 5.41) is 11.2. The van der Waals surface area contributed by atoms with Crippen molar-refractivity contribution in [1.82, 2.24) is 44.8 Å². The van der Waals surface area contributed by atoms with Crippen molar-refractivity contribution in [3.63, 3.8) is 0 Å². The van der Waals surface area contributed by atoms with Crippen LogP contribution in [0.4, 0.5) is 0 Å². The molecule has 7 aromatic rings. The van der Waals surface area contributed by atoms with Crippen molar-refractivity contribution in [2.45, 2.75) is 33.2 Å². The van der Waals surface area contributed by atoms with Gasteiger partial charge in [-0.15, -0.1) is 0 Å². The molecule has 7 rings (SSSR count). The Kier molecular flexibility index (Phi) is 12.4. The highest BCUT2D eigenvalue weighted by molar-refractivity contribution is 6.38. The smallest absolute Gasteiger partial charge is 0.357 e. The van der Waals surface area contributed by atoms with Crippen molar-refractivity contribution in [3.05, 3.63) is 156 Å². The van der Waals surface area contributed by atoms with E-state index in [2.05, 4.69) is 35.5 Å². The molecule has 2 amide bonds. The topological polar surface area (TPSA) is 203 Å². The van der Waals surface area contributed by atoms with E-state index in [1.165, 1.54) is 9.36 Å². The van der Waals surface area contributed by atoms with E-state index in [9.17, 15) is 19.2 Å². The molecule has 0 aliphatic heterocycles. The van der Waals surface area contributed by atoms with Crippen LogP contribution < -0.4 is 11.1 Å². The molecule has 0 saturated carbocycles. The minimum Gasteiger partial charge on any atom is -0.461 e. The number of Topliss-reactive ketones (excluding diaryl/α,β-unsaturated/α-hetero) is 1. The molecule has 0 spiro atoms. The second-order valence-electron chi connectivity index (χ2n) is 12.6. The van der Waals surface area contributed by atoms with Crippen LogP contribution in [0.15, 0.2) is 128 Å². The van der Waals surface area contributed by atoms with Gasteiger partial charge in [0.2, 0.25) is 5.78 Å². The minimum atomic E-state index is -1.13. The average molecular weight is 763 g/mol. The lowest BCUT2D eigenvalue weighted by atomic mass is 10.0. The number of carbonyl (C=O) groups is 4. The number of esters is 1. The Hall–Kier alpha value is -7.68. The van der Waals surface area contributed by atoms with Gasteiger partial charge in [-0.1, -0.05) is 91.0 Å². The van der Waals surface area contributed by atoms with Crippen LogP contribution in [-0.2, 0) is 20.7 Å². The maximum absolute atomic E-state index is 13.1. The molecule has 0 aliphatic rings. The maximum Gasteiger partial charge on any atom is 0.357 e. The number of nitrogens with zero attached hydrogens (tertiary/aromatic N) is 8. The number of nitrogens with one attached hydrogen (secondary N) is 1. The van der Waals surface area contributed by atoms with Crippen molar-refractivity contribution >= 4 is 23.6 Å². The van der Waals surface area contributed by atoms with Gasteiger partial charge in [-0.3, -0.25) is 14.4 Å². The third-order valence-electron chi connectivity index (χ3n) is 8.40. The summed E-state index contributed by atoms with van der Waals surface area (Å²) in [6.07, 6.45) is 6.83. The first kappa shape index (κ1) is 39.0. The highest BCUT2D eigenvalue weighted by atomic mass is 16.5. The van der Waals surface area contributed by atoms with Crippen LogP contribution in [0.3, 0.4) is 0 Å². The van der Waals surface area contributed by atoms with Crippen LogP contribution in [-0.4, -0.2) is 75.7 Å². The van der Waals surface area contributed by atoms with Gasteiger partial charge in [0.05, 0.1) is 18.0 Å². The lowest BCUT2D eigenvalue weighted by Gasteiger charge is -2.16. The fraction of sp³-hybridized carbons (Fsp3) is 0.143. The maximum atomic E-state index is 13.1. The van der Waals surface area contributed by atoms with Crippen molar-refractivity contribution in [2.24, 2.45) is 5.73 Å². The quantitative estimate of drug-likeness (QED) is 0.127. The van der Waals surface area contributed by atoms with E-state index in [1.807, 2.05) is 66.7 Å². The van der Waals surface area contributed by atoms with Gasteiger partial charge in [0.1, 0.15) is 11.7 Å². The SMILES string of the molecule is CCOC(=O)c1cc(C)nn1-c1ncc(-c2ccccc2)cn1.Cc1cc(C(=O)NC(Cc2ccccc2)C(=O)C(N)=O)n(-c2ncc(-c3ccccc3)cn2)n1. The van der Waals surface area contributed by atoms with Crippen LogP contribution in [0.5, 0.6) is 0 Å². The minimum absolute atomic E-state index is 0.115. The number of ketones is 1. The molecule has 286 valence electrons. The lowest BCUT2D eigenvalue weighted by Crippen LogP contribution is -2.47. The molecule has 0 radical (unpaired) electrons. The van der Waals surface area contributed by atoms with E-state index in [0.29, 0.717) is 29.6 Å². The average Bonchev–Trinajstić information content (AvgIpc) is 3.84. The van der Waals surface area contributed by atoms with Gasteiger partial charge >= 0.3 is 5.97 Å². The van der Waals surface area contributed by atoms with Crippen LogP contribution in [0, 0.1) is 13.8 Å². The van der Waals surface area contributed by atoms with Crippen LogP contribution in [0.2, 0.25) is 0 Å². The first-order valence-electron chi connectivity index (χ1n) is 17.9. The Morgan fingerprint density at radius 3 is 1.54 bits per heavy atom. The Morgan fingerprint density at radius 1 is 0.649 bits per heavy atom. The summed E-state index contributed by atoms with van der Waals surface area (Å²) < 4.78 is 7.75. The number of rotatable bonds is 12. The van der Waals surface area contributed by atoms with Crippen LogP contribution >= 0.6 is 0 Å². The second kappa shape index (κ2) is 18.1. The van der Waals surface area contributed by atoms with E-state index >= 15 is 0 Å². The molecule has 0 bridgehead atoms. The number of nitrogens with two attached hydrogens (primary N) is 1. The Balaban J connectivity index is 0.000000208. The molecule has 4 aromatic heterocycles. The summed E-state index contributed by atoms with van der Waals surface area (Å²) in [6.45, 7) is 5.59. The van der Waals surface area contributed by atoms with Crippen LogP contribution in [0.1, 0.15) is 44.9 Å². The summed E-state index contributed by atoms with van der Waals surface area (Å²) in [5.74, 6) is -2.52. The molecule has 0 fully saturated rings. The first-order valence-corrected chi connectivity index (χ1v) is 17.9. The lowest BCUT2D eigenvalue weighted by molar-refractivity contribution is -0.137. The molecule has 1 unspecified atom stereocenters. The zero-order valence-electron chi connectivity index (χ0n) is 31.3. The van der Waals surface area contributed by atoms with E-state index < -0.39 is 29.6 Å². The monoisotopic (exact) mass is 762 g/mol. The number of amides is 2. The molecule has 57 heavy (non-hydrogen) atoms. The van der Waals surface area contributed by atoms with E-state index in [-0.39, 0.29) is 18.1 Å². The number of benzene rings is 3. The molecule has 0 aliphatic carbocycles. The second-order valence-corrected chi connectivity index (χ2v) is 12.6. The molecule has 4 heterocycles. The summed E-state index contributed by atoms with van der Waals surface area (Å²) in [5.41, 5.74) is 11.4. The molecular weight excluding hydrogens is 725 g/mol. The largest absolute Gasteiger partial charge is 0.461 e. The third-order valence-corrected chi connectivity index (χ3v) is 8.40. The number of carbonyl (C=O) groups excluding carboxylic acids is 4. The van der Waals surface area contributed by atoms with E-state index in [1.54, 1.807) is 82.0 Å². The van der Waals surface area contributed by atoms with Crippen molar-refractivity contribution in [3.8, 4) is 34.2 Å². The van der Waals surface area contributed by atoms with Gasteiger partial charge in [0.25, 0.3) is 23.7 Å². The number of ether oxygens (including phenoxy) is 1. The van der Waals surface area contributed by atoms with Gasteiger partial charge in [0, 0.05) is 42.3 Å². The Morgan fingerprint density at radius 2 is 1.09 bits per heavy atom. The number of hydrogen-bond acceptors (Lipinski definition) is 11. The van der Waals surface area contributed by atoms with Gasteiger partial charge in [-0.05, 0) is 49.6 Å². The summed E-state index contributed by atoms with van der Waals surface area (Å²) in [6, 6.07) is 30.6. The molecule has 1 atom stereocenters. The zero-order valence-corrected chi connectivity index (χ0v) is 31.3. The van der Waals surface area contributed by atoms with Crippen molar-refractivity contribution in [2.75, 3.05) is 6.61 Å². The molecule has 0 saturated heterocycles. The number of aromatic nitrogens is 8. The molecule has 15 heteroatoms. The molecule has 3 N–H and O–H groups in total. The fourth-order valence-electron chi connectivity index (χ4n) is 5.70. The first-order chi connectivity index (χ1) is 27.6. The third kappa shape index (κ3) is 9.71. The van der Waals surface area contributed by atoms with Gasteiger partial charge in [0.15, 0.2) is 5.69 Å². The number of primary amides is 1. The molecular formula is C42H38N10O5. The number of hydrogen-bond donors (Lipinski definition) is 2. The van der Waals surface area contributed by atoms with Gasteiger partial charge in [-0.25, -0.2) is 24.7 Å². The predicted molar refractivity (Wildman–Crippen MR) is 210 cm³/mol. The van der Waals surface area contributed by atoms with E-state index in [4.69, 9.17) is 10.5 Å².